The third kappa shape index (κ3) is 4.96. The van der Waals surface area contributed by atoms with Crippen molar-refractivity contribution in [1.82, 2.24) is 9.97 Å². The van der Waals surface area contributed by atoms with Crippen molar-refractivity contribution in [3.63, 3.8) is 0 Å². The molecule has 0 saturated heterocycles. The number of nitrogens with two attached hydrogens (primary N) is 2. The van der Waals surface area contributed by atoms with E-state index in [1.165, 1.54) is 25.4 Å². The molecule has 0 amide bonds. The van der Waals surface area contributed by atoms with E-state index in [2.05, 4.69) is 21.8 Å². The van der Waals surface area contributed by atoms with E-state index in [0.717, 1.165) is 18.1 Å². The molecule has 1 heterocycles. The summed E-state index contributed by atoms with van der Waals surface area (Å²) in [4.78, 5) is 8.36. The molecule has 0 radical (unpaired) electrons. The minimum absolute atomic E-state index is 0.192. The summed E-state index contributed by atoms with van der Waals surface area (Å²) in [6.45, 7) is 1.31. The lowest BCUT2D eigenvalue weighted by Crippen LogP contribution is -2.02. The van der Waals surface area contributed by atoms with Gasteiger partial charge in [0.2, 0.25) is 0 Å². The van der Waals surface area contributed by atoms with Crippen LogP contribution in [-0.2, 0) is 6.61 Å². The quantitative estimate of drug-likeness (QED) is 0.287. The average Bonchev–Trinajstić information content (AvgIpc) is 2.77. The smallest absolute Gasteiger partial charge is 0.168 e. The van der Waals surface area contributed by atoms with Crippen LogP contribution in [0.15, 0.2) is 29.3 Å². The molecule has 1 aromatic heterocycles. The maximum atomic E-state index is 14.7. The summed E-state index contributed by atoms with van der Waals surface area (Å²) >= 11 is 6.75. The van der Waals surface area contributed by atoms with Gasteiger partial charge in [-0.1, -0.05) is 17.5 Å². The molecule has 11 heteroatoms. The number of nitrogens with zero attached hydrogens (tertiary/aromatic N) is 2. The lowest BCUT2D eigenvalue weighted by atomic mass is 10.1. The molecule has 0 fully saturated rings. The first-order valence-electron chi connectivity index (χ1n) is 8.95. The van der Waals surface area contributed by atoms with E-state index in [0.29, 0.717) is 26.9 Å². The topological polar surface area (TPSA) is 117 Å². The Morgan fingerprint density at radius 1 is 1.22 bits per heavy atom. The van der Waals surface area contributed by atoms with Crippen LogP contribution in [-0.4, -0.2) is 22.2 Å². The molecule has 0 aliphatic heterocycles. The lowest BCUT2D eigenvalue weighted by molar-refractivity contribution is 0.272. The van der Waals surface area contributed by atoms with Gasteiger partial charge in [0, 0.05) is 16.7 Å². The Hall–Kier alpha value is -3.26. The second kappa shape index (κ2) is 9.91. The zero-order chi connectivity index (χ0) is 23.4. The number of hydrogen-bond acceptors (Lipinski definition) is 8. The molecule has 2 aromatic carbocycles. The molecule has 0 spiro atoms. The molecule has 3 rings (SSSR count). The molecule has 32 heavy (non-hydrogen) atoms. The van der Waals surface area contributed by atoms with Crippen LogP contribution >= 0.6 is 23.6 Å². The second-order valence-corrected chi connectivity index (χ2v) is 7.57. The minimum atomic E-state index is -1.08. The van der Waals surface area contributed by atoms with Crippen LogP contribution in [0.1, 0.15) is 22.5 Å². The van der Waals surface area contributed by atoms with E-state index < -0.39 is 22.9 Å². The molecular weight excluding hydrogens is 462 g/mol. The molecule has 0 aliphatic rings. The Labute approximate surface area is 191 Å². The van der Waals surface area contributed by atoms with E-state index in [4.69, 9.17) is 32.0 Å². The number of anilines is 2. The fraction of sp³-hybridized carbons (Fsp3) is 0.143. The first-order chi connectivity index (χ1) is 15.2. The zero-order valence-corrected chi connectivity index (χ0v) is 18.4. The van der Waals surface area contributed by atoms with Crippen LogP contribution in [0.4, 0.5) is 20.3 Å². The first-order valence-corrected chi connectivity index (χ1v) is 10.1. The van der Waals surface area contributed by atoms with Gasteiger partial charge in [-0.05, 0) is 25.0 Å². The Bertz CT molecular complexity index is 1250. The summed E-state index contributed by atoms with van der Waals surface area (Å²) in [7, 11) is 1.40. The highest BCUT2D eigenvalue weighted by molar-refractivity contribution is 7.95. The van der Waals surface area contributed by atoms with Gasteiger partial charge in [0.15, 0.2) is 11.6 Å². The second-order valence-electron chi connectivity index (χ2n) is 6.36. The summed E-state index contributed by atoms with van der Waals surface area (Å²) < 4.78 is 40.0. The number of hydrogen-bond donors (Lipinski definition) is 3. The van der Waals surface area contributed by atoms with E-state index in [9.17, 15) is 13.9 Å². The van der Waals surface area contributed by atoms with Gasteiger partial charge >= 0.3 is 0 Å². The molecular formula is C21H17ClF2N4O3S. The fourth-order valence-electron chi connectivity index (χ4n) is 2.60. The predicted molar refractivity (Wildman–Crippen MR) is 118 cm³/mol. The van der Waals surface area contributed by atoms with Crippen LogP contribution in [0, 0.1) is 30.4 Å². The van der Waals surface area contributed by atoms with E-state index >= 15 is 0 Å². The molecule has 0 aliphatic carbocycles. The molecule has 5 N–H and O–H groups in total. The van der Waals surface area contributed by atoms with E-state index in [-0.39, 0.29) is 23.9 Å². The number of halogens is 3. The van der Waals surface area contributed by atoms with Crippen LogP contribution in [0.2, 0.25) is 5.02 Å². The third-order valence-electron chi connectivity index (χ3n) is 4.21. The molecule has 0 saturated carbocycles. The third-order valence-corrected chi connectivity index (χ3v) is 5.17. The lowest BCUT2D eigenvalue weighted by Gasteiger charge is -2.14. The standard InChI is InChI=1S/C21H17ClF2N4O3S/c1-10-21(26)27-8-13(28-10)3-4-14-15(23)7-16(19(25)18(14)24)31-32-17-6-12(22)5-11(9-29)20(17)30-2/h5-8,29H,9,25H2,1-2H3,(H2,26,27). The Morgan fingerprint density at radius 3 is 2.62 bits per heavy atom. The normalized spacial score (nSPS) is 10.4. The Kier molecular flexibility index (Phi) is 7.25. The van der Waals surface area contributed by atoms with Crippen molar-refractivity contribution in [1.29, 1.82) is 0 Å². The van der Waals surface area contributed by atoms with Crippen LogP contribution in [0.5, 0.6) is 11.5 Å². The molecule has 0 unspecified atom stereocenters. The largest absolute Gasteiger partial charge is 0.495 e. The highest BCUT2D eigenvalue weighted by Gasteiger charge is 2.19. The Morgan fingerprint density at radius 2 is 1.97 bits per heavy atom. The van der Waals surface area contributed by atoms with Crippen molar-refractivity contribution >= 4 is 35.1 Å². The van der Waals surface area contributed by atoms with Crippen molar-refractivity contribution in [2.75, 3.05) is 18.6 Å². The number of rotatable bonds is 5. The molecule has 0 atom stereocenters. The van der Waals surface area contributed by atoms with Gasteiger partial charge in [-0.25, -0.2) is 18.7 Å². The van der Waals surface area contributed by atoms with Gasteiger partial charge in [0.25, 0.3) is 0 Å². The Balaban J connectivity index is 1.89. The van der Waals surface area contributed by atoms with Gasteiger partial charge in [0.05, 0.1) is 48.1 Å². The molecule has 3 aromatic rings. The van der Waals surface area contributed by atoms with Crippen molar-refractivity contribution < 1.29 is 22.8 Å². The number of aromatic nitrogens is 2. The van der Waals surface area contributed by atoms with Crippen LogP contribution in [0.3, 0.4) is 0 Å². The predicted octanol–water partition coefficient (Wildman–Crippen LogP) is 3.87. The van der Waals surface area contributed by atoms with Gasteiger partial charge in [-0.15, -0.1) is 0 Å². The highest BCUT2D eigenvalue weighted by Crippen LogP contribution is 2.39. The molecule has 166 valence electrons. The first kappa shape index (κ1) is 23.4. The van der Waals surface area contributed by atoms with Crippen molar-refractivity contribution in [3.05, 3.63) is 63.6 Å². The monoisotopic (exact) mass is 478 g/mol. The van der Waals surface area contributed by atoms with Gasteiger partial charge in [0.1, 0.15) is 28.8 Å². The van der Waals surface area contributed by atoms with E-state index in [1.54, 1.807) is 6.92 Å². The number of nitrogen functional groups attached to an aromatic ring is 2. The van der Waals surface area contributed by atoms with Crippen LogP contribution < -0.4 is 20.4 Å². The number of benzene rings is 2. The van der Waals surface area contributed by atoms with Crippen LogP contribution in [0.25, 0.3) is 0 Å². The van der Waals surface area contributed by atoms with Crippen molar-refractivity contribution in [3.8, 4) is 23.3 Å². The number of ether oxygens (including phenoxy) is 1. The number of aliphatic hydroxyl groups is 1. The summed E-state index contributed by atoms with van der Waals surface area (Å²) in [5.74, 6) is 3.14. The number of aliphatic hydroxyl groups excluding tert-OH is 1. The van der Waals surface area contributed by atoms with E-state index in [1.807, 2.05) is 0 Å². The SMILES string of the molecule is COc1c(CO)cc(Cl)cc1SOc1cc(F)c(C#Cc2cnc(N)c(C)n2)c(F)c1N. The maximum Gasteiger partial charge on any atom is 0.168 e. The summed E-state index contributed by atoms with van der Waals surface area (Å²) in [6.07, 6.45) is 1.29. The minimum Gasteiger partial charge on any atom is -0.495 e. The molecule has 7 nitrogen and oxygen atoms in total. The van der Waals surface area contributed by atoms with Gasteiger partial charge in [-0.3, -0.25) is 0 Å². The van der Waals surface area contributed by atoms with Crippen molar-refractivity contribution in [2.24, 2.45) is 0 Å². The zero-order valence-electron chi connectivity index (χ0n) is 16.9. The number of aryl methyl sites for hydroxylation is 1. The van der Waals surface area contributed by atoms with Crippen molar-refractivity contribution in [2.45, 2.75) is 18.4 Å². The summed E-state index contributed by atoms with van der Waals surface area (Å²) in [6, 6.07) is 3.96. The summed E-state index contributed by atoms with van der Waals surface area (Å²) in [5, 5.41) is 9.77. The van der Waals surface area contributed by atoms with Gasteiger partial charge in [-0.2, -0.15) is 0 Å². The maximum absolute atomic E-state index is 14.7. The van der Waals surface area contributed by atoms with Gasteiger partial charge < -0.3 is 25.5 Å². The number of methoxy groups -OCH3 is 1. The summed E-state index contributed by atoms with van der Waals surface area (Å²) in [5.41, 5.74) is 11.5. The highest BCUT2D eigenvalue weighted by atomic mass is 35.5. The fourth-order valence-corrected chi connectivity index (χ4v) is 3.69. The molecule has 0 bridgehead atoms. The average molecular weight is 479 g/mol.